The molecule has 0 bridgehead atoms. The van der Waals surface area contributed by atoms with Gasteiger partial charge in [0, 0.05) is 40.5 Å². The molecule has 156 valence electrons. The van der Waals surface area contributed by atoms with Gasteiger partial charge in [-0.3, -0.25) is 9.59 Å². The first-order valence-corrected chi connectivity index (χ1v) is 10.8. The van der Waals surface area contributed by atoms with E-state index in [-0.39, 0.29) is 23.9 Å². The minimum Gasteiger partial charge on any atom is -0.454 e. The van der Waals surface area contributed by atoms with E-state index in [1.807, 2.05) is 49.6 Å². The number of nitrogens with zero attached hydrogens (tertiary/aromatic N) is 2. The number of nitrogens with one attached hydrogen (secondary N) is 1. The van der Waals surface area contributed by atoms with Crippen LogP contribution < -0.4 is 15.0 Å². The molecule has 3 aromatic rings. The molecule has 3 heterocycles. The van der Waals surface area contributed by atoms with E-state index in [4.69, 9.17) is 9.47 Å². The van der Waals surface area contributed by atoms with E-state index in [1.165, 1.54) is 17.8 Å². The number of thioether (sulfide) groups is 1. The summed E-state index contributed by atoms with van der Waals surface area (Å²) in [6.45, 7) is 6.15. The van der Waals surface area contributed by atoms with E-state index in [0.29, 0.717) is 16.5 Å². The number of hydrogen-bond donors (Lipinski definition) is 1. The maximum atomic E-state index is 12.9. The second kappa shape index (κ2) is 8.39. The van der Waals surface area contributed by atoms with E-state index >= 15 is 0 Å². The van der Waals surface area contributed by atoms with Gasteiger partial charge < -0.3 is 19.0 Å². The molecule has 1 aliphatic rings. The summed E-state index contributed by atoms with van der Waals surface area (Å²) in [6.07, 6.45) is 1.65. The molecule has 0 amide bonds. The molecular weight excluding hydrogens is 402 g/mol. The lowest BCUT2D eigenvalue weighted by atomic mass is 10.2. The summed E-state index contributed by atoms with van der Waals surface area (Å²) in [5.41, 5.74) is 3.94. The van der Waals surface area contributed by atoms with Crippen LogP contribution in [0.2, 0.25) is 0 Å². The van der Waals surface area contributed by atoms with Crippen molar-refractivity contribution in [2.75, 3.05) is 12.5 Å². The molecule has 7 nitrogen and oxygen atoms in total. The summed E-state index contributed by atoms with van der Waals surface area (Å²) in [5.74, 6) is 1.61. The lowest BCUT2D eigenvalue weighted by Crippen LogP contribution is -2.11. The molecule has 0 atom stereocenters. The molecule has 0 fully saturated rings. The zero-order valence-electron chi connectivity index (χ0n) is 17.2. The second-order valence-electron chi connectivity index (χ2n) is 7.16. The summed E-state index contributed by atoms with van der Waals surface area (Å²) in [5, 5.41) is 0.476. The number of ketones is 1. The summed E-state index contributed by atoms with van der Waals surface area (Å²) >= 11 is 1.25. The van der Waals surface area contributed by atoms with E-state index in [9.17, 15) is 9.59 Å². The number of aromatic nitrogens is 3. The number of hydrogen-bond acceptors (Lipinski definition) is 6. The normalized spacial score (nSPS) is 12.4. The zero-order chi connectivity index (χ0) is 21.3. The molecule has 2 aromatic heterocycles. The topological polar surface area (TPSA) is 86.2 Å². The van der Waals surface area contributed by atoms with Gasteiger partial charge in [-0.25, -0.2) is 4.98 Å². The smallest absolute Gasteiger partial charge is 0.251 e. The standard InChI is InChI=1S/C22H23N3O4S/c1-4-5-15-9-21(27)24-22(23-15)30-11-18(26)17-8-13(2)25(14(17)3)16-6-7-19-20(10-16)29-12-28-19/h6-10H,4-5,11-12H2,1-3H3,(H,23,24,27). The highest BCUT2D eigenvalue weighted by Crippen LogP contribution is 2.35. The zero-order valence-corrected chi connectivity index (χ0v) is 18.0. The van der Waals surface area contributed by atoms with Crippen molar-refractivity contribution in [3.63, 3.8) is 0 Å². The van der Waals surface area contributed by atoms with Crippen LogP contribution in [0.4, 0.5) is 0 Å². The van der Waals surface area contributed by atoms with Gasteiger partial charge >= 0.3 is 0 Å². The Morgan fingerprint density at radius 1 is 1.20 bits per heavy atom. The van der Waals surface area contributed by atoms with Crippen molar-refractivity contribution < 1.29 is 14.3 Å². The van der Waals surface area contributed by atoms with Crippen molar-refractivity contribution in [2.45, 2.75) is 38.8 Å². The van der Waals surface area contributed by atoms with Crippen molar-refractivity contribution in [2.24, 2.45) is 0 Å². The maximum absolute atomic E-state index is 12.9. The van der Waals surface area contributed by atoms with Gasteiger partial charge in [0.15, 0.2) is 22.4 Å². The van der Waals surface area contributed by atoms with Crippen LogP contribution in [0.25, 0.3) is 5.69 Å². The molecule has 1 aromatic carbocycles. The van der Waals surface area contributed by atoms with Crippen LogP contribution in [0, 0.1) is 13.8 Å². The molecule has 1 aliphatic heterocycles. The minimum absolute atomic E-state index is 0.0105. The van der Waals surface area contributed by atoms with Crippen LogP contribution in [0.1, 0.15) is 40.8 Å². The number of benzene rings is 1. The second-order valence-corrected chi connectivity index (χ2v) is 8.13. The number of rotatable bonds is 7. The van der Waals surface area contributed by atoms with Gasteiger partial charge in [0.1, 0.15) is 0 Å². The highest BCUT2D eigenvalue weighted by molar-refractivity contribution is 7.99. The van der Waals surface area contributed by atoms with E-state index in [0.717, 1.165) is 41.4 Å². The molecular formula is C22H23N3O4S. The molecule has 4 rings (SSSR count). The Morgan fingerprint density at radius 3 is 2.80 bits per heavy atom. The van der Waals surface area contributed by atoms with Crippen LogP contribution in [0.5, 0.6) is 11.5 Å². The predicted octanol–water partition coefficient (Wildman–Crippen LogP) is 3.83. The Balaban J connectivity index is 1.54. The lowest BCUT2D eigenvalue weighted by Gasteiger charge is -2.10. The van der Waals surface area contributed by atoms with Gasteiger partial charge in [-0.15, -0.1) is 0 Å². The number of aryl methyl sites for hydroxylation is 2. The SMILES string of the molecule is CCCc1cc(=O)[nH]c(SCC(=O)c2cc(C)n(-c3ccc4c(c3)OCO4)c2C)n1. The van der Waals surface area contributed by atoms with Crippen molar-refractivity contribution in [3.8, 4) is 17.2 Å². The molecule has 1 N–H and O–H groups in total. The Hall–Kier alpha value is -3.00. The van der Waals surface area contributed by atoms with Crippen LogP contribution >= 0.6 is 11.8 Å². The van der Waals surface area contributed by atoms with Crippen molar-refractivity contribution >= 4 is 17.5 Å². The largest absolute Gasteiger partial charge is 0.454 e. The van der Waals surface area contributed by atoms with Crippen LogP contribution in [-0.2, 0) is 6.42 Å². The van der Waals surface area contributed by atoms with Gasteiger partial charge in [0.05, 0.1) is 5.75 Å². The summed E-state index contributed by atoms with van der Waals surface area (Å²) in [6, 6.07) is 9.14. The number of Topliss-reactive ketones (excluding diaryl/α,β-unsaturated/α-hetero) is 1. The van der Waals surface area contributed by atoms with Gasteiger partial charge in [-0.05, 0) is 38.5 Å². The predicted molar refractivity (Wildman–Crippen MR) is 115 cm³/mol. The first-order valence-electron chi connectivity index (χ1n) is 9.81. The molecule has 30 heavy (non-hydrogen) atoms. The van der Waals surface area contributed by atoms with Crippen LogP contribution in [-0.4, -0.2) is 32.9 Å². The number of H-pyrrole nitrogens is 1. The third-order valence-electron chi connectivity index (χ3n) is 4.97. The third-order valence-corrected chi connectivity index (χ3v) is 5.84. The van der Waals surface area contributed by atoms with Crippen LogP contribution in [0.3, 0.4) is 0 Å². The van der Waals surface area contributed by atoms with E-state index in [1.54, 1.807) is 0 Å². The van der Waals surface area contributed by atoms with Gasteiger partial charge in [-0.2, -0.15) is 0 Å². The maximum Gasteiger partial charge on any atom is 0.251 e. The average molecular weight is 426 g/mol. The Morgan fingerprint density at radius 2 is 2.00 bits per heavy atom. The van der Waals surface area contributed by atoms with E-state index < -0.39 is 0 Å². The molecule has 0 aliphatic carbocycles. The third kappa shape index (κ3) is 4.00. The quantitative estimate of drug-likeness (QED) is 0.352. The van der Waals surface area contributed by atoms with Crippen molar-refractivity contribution in [1.82, 2.24) is 14.5 Å². The minimum atomic E-state index is -0.190. The van der Waals surface area contributed by atoms with Gasteiger partial charge in [0.25, 0.3) is 5.56 Å². The molecule has 0 radical (unpaired) electrons. The number of aromatic amines is 1. The first kappa shape index (κ1) is 20.3. The van der Waals surface area contributed by atoms with E-state index in [2.05, 4.69) is 9.97 Å². The Labute approximate surface area is 178 Å². The number of carbonyl (C=O) groups excluding carboxylic acids is 1. The Bertz CT molecular complexity index is 1170. The van der Waals surface area contributed by atoms with Gasteiger partial charge in [-0.1, -0.05) is 25.1 Å². The molecule has 8 heteroatoms. The molecule has 0 saturated carbocycles. The fraction of sp³-hybridized carbons (Fsp3) is 0.318. The average Bonchev–Trinajstić information content (AvgIpc) is 3.29. The summed E-state index contributed by atoms with van der Waals surface area (Å²) < 4.78 is 12.9. The number of carbonyl (C=O) groups is 1. The van der Waals surface area contributed by atoms with Crippen molar-refractivity contribution in [1.29, 1.82) is 0 Å². The number of fused-ring (bicyclic) bond motifs is 1. The first-order chi connectivity index (χ1) is 14.5. The fourth-order valence-electron chi connectivity index (χ4n) is 3.61. The fourth-order valence-corrected chi connectivity index (χ4v) is 4.39. The lowest BCUT2D eigenvalue weighted by molar-refractivity contribution is 0.102. The highest BCUT2D eigenvalue weighted by atomic mass is 32.2. The monoisotopic (exact) mass is 425 g/mol. The molecule has 0 unspecified atom stereocenters. The Kier molecular flexibility index (Phi) is 5.67. The number of ether oxygens (including phenoxy) is 2. The summed E-state index contributed by atoms with van der Waals surface area (Å²) in [7, 11) is 0. The molecule has 0 saturated heterocycles. The summed E-state index contributed by atoms with van der Waals surface area (Å²) in [4.78, 5) is 31.9. The van der Waals surface area contributed by atoms with Crippen molar-refractivity contribution in [3.05, 3.63) is 63.3 Å². The highest BCUT2D eigenvalue weighted by Gasteiger charge is 2.20. The van der Waals surface area contributed by atoms with Crippen LogP contribution in [0.15, 0.2) is 40.3 Å². The molecule has 0 spiro atoms. The van der Waals surface area contributed by atoms with Gasteiger partial charge in [0.2, 0.25) is 6.79 Å².